The van der Waals surface area contributed by atoms with Crippen molar-refractivity contribution in [3.8, 4) is 17.2 Å². The van der Waals surface area contributed by atoms with Gasteiger partial charge in [-0.3, -0.25) is 36.8 Å². The Kier molecular flexibility index (Phi) is 9.69. The molecule has 16 nitrogen and oxygen atoms in total. The predicted molar refractivity (Wildman–Crippen MR) is 243 cm³/mol. The zero-order valence-corrected chi connectivity index (χ0v) is 37.3. The molecule has 18 heteroatoms. The van der Waals surface area contributed by atoms with Crippen molar-refractivity contribution in [2.24, 2.45) is 5.92 Å². The van der Waals surface area contributed by atoms with E-state index in [1.807, 2.05) is 22.5 Å². The number of nitrogens with zero attached hydrogens (tertiary/aromatic N) is 8. The summed E-state index contributed by atoms with van der Waals surface area (Å²) in [5.41, 5.74) is 5.25. The van der Waals surface area contributed by atoms with Crippen LogP contribution in [-0.4, -0.2) is 85.6 Å². The first kappa shape index (κ1) is 41.5. The minimum atomic E-state index is -2.89. The first-order valence-corrected chi connectivity index (χ1v) is 23.9. The van der Waals surface area contributed by atoms with Crippen LogP contribution in [0.5, 0.6) is 0 Å². The normalized spacial score (nSPS) is 22.4. The topological polar surface area (TPSA) is 182 Å². The number of hydrogen-bond donors (Lipinski definition) is 3. The summed E-state index contributed by atoms with van der Waals surface area (Å²) in [7, 11) is -2.89. The molecular weight excluding hydrogens is 854 g/mol. The molecule has 4 aromatic heterocycles. The van der Waals surface area contributed by atoms with Crippen molar-refractivity contribution in [3.63, 3.8) is 0 Å². The van der Waals surface area contributed by atoms with Gasteiger partial charge in [-0.2, -0.15) is 5.10 Å². The van der Waals surface area contributed by atoms with Crippen LogP contribution in [0.25, 0.3) is 28.1 Å². The smallest absolute Gasteiger partial charge is 0.381 e. The number of amides is 1. The highest BCUT2D eigenvalue weighted by Gasteiger charge is 2.59. The van der Waals surface area contributed by atoms with Gasteiger partial charge in [0.15, 0.2) is 5.82 Å². The molecule has 1 saturated carbocycles. The number of hydrogen-bond acceptors (Lipinski definition) is 10. The van der Waals surface area contributed by atoms with Crippen molar-refractivity contribution in [2.45, 2.75) is 77.3 Å². The van der Waals surface area contributed by atoms with Crippen molar-refractivity contribution < 1.29 is 27.6 Å². The molecule has 3 aromatic carbocycles. The highest BCUT2D eigenvalue weighted by atomic mass is 32.3. The van der Waals surface area contributed by atoms with Crippen LogP contribution in [0.1, 0.15) is 95.8 Å². The van der Waals surface area contributed by atoms with Gasteiger partial charge < -0.3 is 14.2 Å². The lowest BCUT2D eigenvalue weighted by Crippen LogP contribution is -2.41. The van der Waals surface area contributed by atoms with Gasteiger partial charge in [-0.15, -0.1) is 10.8 Å². The van der Waals surface area contributed by atoms with E-state index in [9.17, 15) is 18.7 Å². The minimum absolute atomic E-state index is 0.0183. The second-order valence-electron chi connectivity index (χ2n) is 18.1. The largest absolute Gasteiger partial charge is 0.438 e. The van der Waals surface area contributed by atoms with Crippen molar-refractivity contribution in [1.82, 2.24) is 38.5 Å². The molecule has 0 bridgehead atoms. The van der Waals surface area contributed by atoms with E-state index in [0.29, 0.717) is 114 Å². The van der Waals surface area contributed by atoms with Gasteiger partial charge in [-0.25, -0.2) is 18.7 Å². The van der Waals surface area contributed by atoms with Gasteiger partial charge in [0.25, 0.3) is 5.91 Å². The summed E-state index contributed by atoms with van der Waals surface area (Å²) in [6, 6.07) is 18.2. The molecule has 7 aromatic rings. The van der Waals surface area contributed by atoms with Crippen LogP contribution >= 0.6 is 10.8 Å². The lowest BCUT2D eigenvalue weighted by molar-refractivity contribution is 0.0663. The monoisotopic (exact) mass is 903 g/mol. The van der Waals surface area contributed by atoms with E-state index >= 15 is 9.18 Å². The number of fused-ring (bicyclic) bond motifs is 2. The van der Waals surface area contributed by atoms with Crippen LogP contribution in [0.15, 0.2) is 87.2 Å². The summed E-state index contributed by atoms with van der Waals surface area (Å²) in [5, 5.41) is 10.2. The molecule has 3 aliphatic heterocycles. The van der Waals surface area contributed by atoms with E-state index < -0.39 is 33.8 Å². The fraction of sp³-hybridized carbons (Fsp3) is 0.383. The number of rotatable bonds is 8. The number of aromatic amines is 1. The Bertz CT molecular complexity index is 3130. The number of aryl methyl sites for hydroxylation is 2. The average molecular weight is 904 g/mol. The van der Waals surface area contributed by atoms with Crippen molar-refractivity contribution in [3.05, 3.63) is 139 Å². The van der Waals surface area contributed by atoms with Crippen molar-refractivity contribution in [1.29, 1.82) is 0 Å². The van der Waals surface area contributed by atoms with Gasteiger partial charge in [0, 0.05) is 61.6 Å². The number of carbonyl (C=O) groups excluding carboxylic acids is 1. The molecule has 65 heavy (non-hydrogen) atoms. The molecule has 1 amide bonds. The third kappa shape index (κ3) is 6.54. The summed E-state index contributed by atoms with van der Waals surface area (Å²) in [5.74, 6) is 0.229. The van der Waals surface area contributed by atoms with Gasteiger partial charge in [-0.05, 0) is 130 Å². The van der Waals surface area contributed by atoms with Crippen molar-refractivity contribution >= 4 is 33.3 Å². The Morgan fingerprint density at radius 3 is 2.29 bits per heavy atom. The quantitative estimate of drug-likeness (QED) is 0.138. The highest BCUT2D eigenvalue weighted by Crippen LogP contribution is 2.56. The van der Waals surface area contributed by atoms with Crippen molar-refractivity contribution in [2.75, 3.05) is 36.4 Å². The van der Waals surface area contributed by atoms with Crippen LogP contribution in [0.2, 0.25) is 0 Å². The second-order valence-corrected chi connectivity index (χ2v) is 20.2. The summed E-state index contributed by atoms with van der Waals surface area (Å²) < 4.78 is 55.3. The molecule has 0 radical (unpaired) electrons. The van der Waals surface area contributed by atoms with E-state index in [2.05, 4.69) is 35.3 Å². The maximum Gasteiger partial charge on any atom is 0.438 e. The van der Waals surface area contributed by atoms with Crippen LogP contribution < -0.4 is 15.8 Å². The molecule has 3 fully saturated rings. The molecule has 2 saturated heterocycles. The van der Waals surface area contributed by atoms with E-state index in [1.165, 1.54) is 14.7 Å². The van der Waals surface area contributed by atoms with Gasteiger partial charge in [0.05, 0.1) is 34.6 Å². The molecule has 11 rings (SSSR count). The number of imidazole rings is 1. The molecular formula is C47H50FN9O7S. The second kappa shape index (κ2) is 15.2. The Morgan fingerprint density at radius 2 is 1.63 bits per heavy atom. The zero-order valence-electron chi connectivity index (χ0n) is 36.5. The average Bonchev–Trinajstić information content (AvgIpc) is 3.92. The first-order chi connectivity index (χ1) is 31.2. The number of benzene rings is 3. The fourth-order valence-electron chi connectivity index (χ4n) is 10.7. The Morgan fingerprint density at radius 1 is 0.923 bits per heavy atom. The Hall–Kier alpha value is -6.21. The van der Waals surface area contributed by atoms with Crippen LogP contribution in [-0.2, 0) is 16.7 Å². The first-order valence-electron chi connectivity index (χ1n) is 22.2. The van der Waals surface area contributed by atoms with E-state index in [0.717, 1.165) is 23.7 Å². The molecule has 7 heterocycles. The summed E-state index contributed by atoms with van der Waals surface area (Å²) >= 11 is 0. The predicted octanol–water partition coefficient (Wildman–Crippen LogP) is 7.51. The van der Waals surface area contributed by atoms with Gasteiger partial charge in [-0.1, -0.05) is 18.1 Å². The third-order valence-corrected chi connectivity index (χ3v) is 16.1. The highest BCUT2D eigenvalue weighted by molar-refractivity contribution is 8.25. The maximum absolute atomic E-state index is 15.5. The molecule has 0 spiro atoms. The summed E-state index contributed by atoms with van der Waals surface area (Å²) in [6.07, 6.45) is 6.83. The molecule has 4 aliphatic rings. The molecule has 338 valence electrons. The summed E-state index contributed by atoms with van der Waals surface area (Å²) in [4.78, 5) is 47.2. The number of anilines is 1. The molecule has 3 N–H and O–H groups in total. The SMILES string of the molecule is Cc1cc(-n2nc3c(c2-n2ccn(-c4ccc(N5CCCS5(O)O)cc4)c2=O)C(C)N(C(=O)c2cc4cc(C5CCOCC5)ccc4n2[C@@]2(c4noc(=O)[nH]4)C[C@@H]2C)CC3)cc(C)c1F. The number of nitrogens with one attached hydrogen (secondary N) is 1. The maximum atomic E-state index is 15.5. The van der Waals surface area contributed by atoms with Gasteiger partial charge in [0.1, 0.15) is 22.9 Å². The molecule has 1 aliphatic carbocycles. The van der Waals surface area contributed by atoms with Gasteiger partial charge in [0.2, 0.25) is 0 Å². The van der Waals surface area contributed by atoms with Crippen LogP contribution in [0, 0.1) is 25.6 Å². The number of ether oxygens (including phenoxy) is 1. The van der Waals surface area contributed by atoms with Gasteiger partial charge >= 0.3 is 11.4 Å². The number of H-pyrrole nitrogens is 1. The Labute approximate surface area is 374 Å². The third-order valence-electron chi connectivity index (χ3n) is 14.2. The van der Waals surface area contributed by atoms with Crippen LogP contribution in [0.3, 0.4) is 0 Å². The molecule has 1 unspecified atom stereocenters. The Balaban J connectivity index is 1.03. The number of carbonyl (C=O) groups is 1. The number of aromatic nitrogens is 7. The standard InChI is InChI=1S/C47H50FN9O7S/c1-27-22-36(23-28(2)41(27)48)57-42(54-18-17-53(46(54)60)34-7-9-35(10-8-34)55-15-5-21-65(55,61)62)40-30(4)52(16-12-37(40)50-57)43(58)39-25-33-24-32(31-13-19-63-20-14-31)6-11-38(33)56(39)47(26-29(47)3)44-49-45(59)64-51-44/h6-11,17-18,22-25,29-31,61-62H,5,12-16,19-21,26H2,1-4H3,(H,49,51,59)/t29-,30?,47-/m0/s1. The fourth-order valence-corrected chi connectivity index (χ4v) is 12.3. The van der Waals surface area contributed by atoms with Crippen LogP contribution in [0.4, 0.5) is 10.1 Å². The van der Waals surface area contributed by atoms with E-state index in [-0.39, 0.29) is 17.6 Å². The van der Waals surface area contributed by atoms with E-state index in [4.69, 9.17) is 14.4 Å². The summed E-state index contributed by atoms with van der Waals surface area (Å²) in [6.45, 7) is 9.64. The lowest BCUT2D eigenvalue weighted by Gasteiger charge is -2.38. The minimum Gasteiger partial charge on any atom is -0.381 e. The molecule has 3 atom stereocenters. The lowest BCUT2D eigenvalue weighted by atomic mass is 9.91. The number of halogens is 1. The zero-order chi connectivity index (χ0) is 45.1. The van der Waals surface area contributed by atoms with E-state index in [1.54, 1.807) is 71.6 Å².